The zero-order chi connectivity index (χ0) is 21.9. The van der Waals surface area contributed by atoms with E-state index in [1.54, 1.807) is 7.11 Å². The standard InChI is InChI=1S/C24H39N5O2.HI/c1-3-25-24(26-13-5-15-29-14-4-6-23(29)30)27-18-20-11-16-28(17-12-20)19-21-7-9-22(31-2)10-8-21;/h7-10,20H,3-6,11-19H2,1-2H3,(H2,25,26,27);1H. The van der Waals surface area contributed by atoms with Gasteiger partial charge in [-0.15, -0.1) is 24.0 Å². The Hall–Kier alpha value is -1.55. The van der Waals surface area contributed by atoms with Gasteiger partial charge in [-0.25, -0.2) is 0 Å². The minimum atomic E-state index is 0. The zero-order valence-electron chi connectivity index (χ0n) is 19.6. The lowest BCUT2D eigenvalue weighted by Crippen LogP contribution is -2.40. The highest BCUT2D eigenvalue weighted by atomic mass is 127. The molecule has 0 bridgehead atoms. The molecule has 180 valence electrons. The topological polar surface area (TPSA) is 69.2 Å². The van der Waals surface area contributed by atoms with E-state index in [9.17, 15) is 4.79 Å². The van der Waals surface area contributed by atoms with Crippen LogP contribution in [-0.4, -0.2) is 74.6 Å². The van der Waals surface area contributed by atoms with Crippen LogP contribution in [0.1, 0.15) is 44.6 Å². The summed E-state index contributed by atoms with van der Waals surface area (Å²) >= 11 is 0. The molecule has 1 amide bonds. The van der Waals surface area contributed by atoms with E-state index in [2.05, 4.69) is 34.6 Å². The Kier molecular flexibility index (Phi) is 12.2. The van der Waals surface area contributed by atoms with Crippen molar-refractivity contribution in [2.45, 2.75) is 45.6 Å². The quantitative estimate of drug-likeness (QED) is 0.200. The number of hydrogen-bond donors (Lipinski definition) is 2. The average molecular weight is 558 g/mol. The van der Waals surface area contributed by atoms with Gasteiger partial charge in [-0.3, -0.25) is 14.7 Å². The normalized spacial score (nSPS) is 17.9. The lowest BCUT2D eigenvalue weighted by Gasteiger charge is -2.31. The van der Waals surface area contributed by atoms with E-state index >= 15 is 0 Å². The third-order valence-electron chi connectivity index (χ3n) is 6.19. The maximum absolute atomic E-state index is 11.7. The number of hydrogen-bond acceptors (Lipinski definition) is 4. The lowest BCUT2D eigenvalue weighted by molar-refractivity contribution is -0.127. The number of nitrogens with one attached hydrogen (secondary N) is 2. The molecule has 2 fully saturated rings. The van der Waals surface area contributed by atoms with Crippen LogP contribution in [0.25, 0.3) is 0 Å². The monoisotopic (exact) mass is 557 g/mol. The summed E-state index contributed by atoms with van der Waals surface area (Å²) in [6.45, 7) is 9.69. The molecule has 1 aromatic carbocycles. The van der Waals surface area contributed by atoms with E-state index in [4.69, 9.17) is 9.73 Å². The molecule has 0 radical (unpaired) electrons. The summed E-state index contributed by atoms with van der Waals surface area (Å²) in [5.74, 6) is 2.76. The van der Waals surface area contributed by atoms with Crippen LogP contribution in [-0.2, 0) is 11.3 Å². The maximum atomic E-state index is 11.7. The largest absolute Gasteiger partial charge is 0.497 e. The molecule has 0 unspecified atom stereocenters. The molecular weight excluding hydrogens is 517 g/mol. The molecule has 8 heteroatoms. The second-order valence-electron chi connectivity index (χ2n) is 8.55. The Labute approximate surface area is 210 Å². The predicted octanol–water partition coefficient (Wildman–Crippen LogP) is 3.09. The third kappa shape index (κ3) is 8.77. The lowest BCUT2D eigenvalue weighted by atomic mass is 9.96. The van der Waals surface area contributed by atoms with Gasteiger partial charge in [0.2, 0.25) is 5.91 Å². The van der Waals surface area contributed by atoms with Crippen LogP contribution < -0.4 is 15.4 Å². The second kappa shape index (κ2) is 14.6. The summed E-state index contributed by atoms with van der Waals surface area (Å²) < 4.78 is 5.24. The van der Waals surface area contributed by atoms with Gasteiger partial charge in [0.25, 0.3) is 0 Å². The Balaban J connectivity index is 0.00000363. The number of amides is 1. The van der Waals surface area contributed by atoms with E-state index in [0.717, 1.165) is 83.3 Å². The number of rotatable bonds is 10. The van der Waals surface area contributed by atoms with Crippen LogP contribution in [0, 0.1) is 5.92 Å². The number of nitrogens with zero attached hydrogens (tertiary/aromatic N) is 3. The molecule has 0 spiro atoms. The minimum Gasteiger partial charge on any atom is -0.497 e. The number of ether oxygens (including phenoxy) is 1. The Bertz CT molecular complexity index is 705. The molecule has 0 aliphatic carbocycles. The summed E-state index contributed by atoms with van der Waals surface area (Å²) in [4.78, 5) is 21.0. The smallest absolute Gasteiger partial charge is 0.222 e. The van der Waals surface area contributed by atoms with Gasteiger partial charge < -0.3 is 20.3 Å². The van der Waals surface area contributed by atoms with E-state index in [0.29, 0.717) is 11.8 Å². The number of carbonyl (C=O) groups excluding carboxylic acids is 1. The van der Waals surface area contributed by atoms with Gasteiger partial charge in [-0.05, 0) is 69.3 Å². The summed E-state index contributed by atoms with van der Waals surface area (Å²) in [7, 11) is 1.70. The van der Waals surface area contributed by atoms with Crippen molar-refractivity contribution < 1.29 is 9.53 Å². The number of likely N-dealkylation sites (tertiary alicyclic amines) is 2. The number of piperidine rings is 1. The van der Waals surface area contributed by atoms with E-state index in [1.807, 2.05) is 17.0 Å². The minimum absolute atomic E-state index is 0. The zero-order valence-corrected chi connectivity index (χ0v) is 22.0. The van der Waals surface area contributed by atoms with Crippen LogP contribution >= 0.6 is 24.0 Å². The maximum Gasteiger partial charge on any atom is 0.222 e. The number of methoxy groups -OCH3 is 1. The summed E-state index contributed by atoms with van der Waals surface area (Å²) in [5, 5.41) is 6.78. The first kappa shape index (κ1) is 26.7. The first-order valence-electron chi connectivity index (χ1n) is 11.8. The van der Waals surface area contributed by atoms with Crippen molar-refractivity contribution in [3.8, 4) is 5.75 Å². The highest BCUT2D eigenvalue weighted by molar-refractivity contribution is 14.0. The highest BCUT2D eigenvalue weighted by Gasteiger charge is 2.20. The highest BCUT2D eigenvalue weighted by Crippen LogP contribution is 2.20. The van der Waals surface area contributed by atoms with Gasteiger partial charge in [0, 0.05) is 45.7 Å². The van der Waals surface area contributed by atoms with Crippen LogP contribution in [0.15, 0.2) is 29.3 Å². The molecule has 3 rings (SSSR count). The van der Waals surface area contributed by atoms with Crippen molar-refractivity contribution >= 4 is 35.8 Å². The fraction of sp³-hybridized carbons (Fsp3) is 0.667. The fourth-order valence-electron chi connectivity index (χ4n) is 4.30. The van der Waals surface area contributed by atoms with Crippen molar-refractivity contribution in [3.05, 3.63) is 29.8 Å². The van der Waals surface area contributed by atoms with Crippen molar-refractivity contribution in [1.82, 2.24) is 20.4 Å². The van der Waals surface area contributed by atoms with E-state index < -0.39 is 0 Å². The first-order chi connectivity index (χ1) is 15.2. The molecule has 1 aromatic rings. The van der Waals surface area contributed by atoms with Gasteiger partial charge in [0.1, 0.15) is 5.75 Å². The van der Waals surface area contributed by atoms with Crippen LogP contribution in [0.5, 0.6) is 5.75 Å². The molecule has 0 atom stereocenters. The second-order valence-corrected chi connectivity index (χ2v) is 8.55. The molecule has 2 saturated heterocycles. The van der Waals surface area contributed by atoms with Crippen molar-refractivity contribution in [2.75, 3.05) is 52.9 Å². The van der Waals surface area contributed by atoms with Crippen molar-refractivity contribution in [3.63, 3.8) is 0 Å². The number of aliphatic imine (C=N–C) groups is 1. The third-order valence-corrected chi connectivity index (χ3v) is 6.19. The number of guanidine groups is 1. The molecule has 0 aromatic heterocycles. The number of carbonyl (C=O) groups is 1. The van der Waals surface area contributed by atoms with Gasteiger partial charge in [-0.1, -0.05) is 12.1 Å². The molecule has 2 aliphatic heterocycles. The first-order valence-corrected chi connectivity index (χ1v) is 11.8. The summed E-state index contributed by atoms with van der Waals surface area (Å²) in [6.07, 6.45) is 5.07. The SMILES string of the molecule is CCNC(=NCC1CCN(Cc2ccc(OC)cc2)CC1)NCCCN1CCCC1=O.I. The van der Waals surface area contributed by atoms with Crippen LogP contribution in [0.3, 0.4) is 0 Å². The number of halogens is 1. The molecule has 32 heavy (non-hydrogen) atoms. The van der Waals surface area contributed by atoms with E-state index in [1.165, 1.54) is 18.4 Å². The van der Waals surface area contributed by atoms with Crippen LogP contribution in [0.2, 0.25) is 0 Å². The molecular formula is C24H40IN5O2. The fourth-order valence-corrected chi connectivity index (χ4v) is 4.30. The van der Waals surface area contributed by atoms with Gasteiger partial charge in [0.15, 0.2) is 5.96 Å². The van der Waals surface area contributed by atoms with E-state index in [-0.39, 0.29) is 24.0 Å². The van der Waals surface area contributed by atoms with Gasteiger partial charge in [-0.2, -0.15) is 0 Å². The van der Waals surface area contributed by atoms with Gasteiger partial charge >= 0.3 is 0 Å². The van der Waals surface area contributed by atoms with Crippen LogP contribution in [0.4, 0.5) is 0 Å². The predicted molar refractivity (Wildman–Crippen MR) is 141 cm³/mol. The summed E-state index contributed by atoms with van der Waals surface area (Å²) in [5.41, 5.74) is 1.34. The van der Waals surface area contributed by atoms with Crippen molar-refractivity contribution in [1.29, 1.82) is 0 Å². The molecule has 0 saturated carbocycles. The Morgan fingerprint density at radius 2 is 1.91 bits per heavy atom. The molecule has 2 heterocycles. The van der Waals surface area contributed by atoms with Crippen molar-refractivity contribution in [2.24, 2.45) is 10.9 Å². The Morgan fingerprint density at radius 1 is 1.16 bits per heavy atom. The van der Waals surface area contributed by atoms with Gasteiger partial charge in [0.05, 0.1) is 7.11 Å². The molecule has 2 aliphatic rings. The average Bonchev–Trinajstić information content (AvgIpc) is 3.21. The number of benzene rings is 1. The molecule has 2 N–H and O–H groups in total. The Morgan fingerprint density at radius 3 is 2.53 bits per heavy atom. The summed E-state index contributed by atoms with van der Waals surface area (Å²) in [6, 6.07) is 8.39. The molecule has 7 nitrogen and oxygen atoms in total.